The van der Waals surface area contributed by atoms with Gasteiger partial charge in [-0.25, -0.2) is 0 Å². The number of nitrogens with zero attached hydrogens (tertiary/aromatic N) is 1. The van der Waals surface area contributed by atoms with Gasteiger partial charge in [0.05, 0.1) is 24.2 Å². The molecule has 0 aromatic heterocycles. The molecule has 1 aliphatic carbocycles. The zero-order valence-electron chi connectivity index (χ0n) is 7.51. The van der Waals surface area contributed by atoms with E-state index in [4.69, 9.17) is 14.7 Å². The van der Waals surface area contributed by atoms with E-state index in [0.29, 0.717) is 12.8 Å². The molecular weight excluding hydrogens is 170 g/mol. The first kappa shape index (κ1) is 8.95. The normalized spacial score (nSPS) is 48.8. The molecule has 1 N–H and O–H groups in total. The Balaban J connectivity index is 2.03. The lowest BCUT2D eigenvalue weighted by atomic mass is 9.99. The van der Waals surface area contributed by atoms with Crippen LogP contribution in [-0.4, -0.2) is 30.7 Å². The van der Waals surface area contributed by atoms with Gasteiger partial charge in [-0.3, -0.25) is 0 Å². The number of aliphatic hydroxyl groups excluding tert-OH is 1. The number of ether oxygens (including phenoxy) is 2. The minimum Gasteiger partial charge on any atom is -0.391 e. The second kappa shape index (κ2) is 3.26. The van der Waals surface area contributed by atoms with Gasteiger partial charge >= 0.3 is 0 Å². The Labute approximate surface area is 77.1 Å². The molecule has 72 valence electrons. The van der Waals surface area contributed by atoms with Crippen LogP contribution in [0.3, 0.4) is 0 Å². The number of nitriles is 1. The summed E-state index contributed by atoms with van der Waals surface area (Å²) in [5, 5.41) is 18.4. The standard InChI is InChI=1S/C9H13NO3/c1-12-8-3-6-7(13-8)2-5(4-10)9(6)11/h5-9,11H,2-3H2,1H3/t5-,6-,7-,8-,9?/m0/s1. The smallest absolute Gasteiger partial charge is 0.158 e. The van der Waals surface area contributed by atoms with Crippen LogP contribution in [0.25, 0.3) is 0 Å². The maximum absolute atomic E-state index is 9.71. The van der Waals surface area contributed by atoms with Gasteiger partial charge in [0, 0.05) is 19.4 Å². The Kier molecular flexibility index (Phi) is 2.24. The molecule has 2 aliphatic rings. The number of rotatable bonds is 1. The highest BCUT2D eigenvalue weighted by Gasteiger charge is 2.49. The highest BCUT2D eigenvalue weighted by atomic mass is 16.7. The van der Waals surface area contributed by atoms with Crippen LogP contribution in [0.5, 0.6) is 0 Å². The summed E-state index contributed by atoms with van der Waals surface area (Å²) >= 11 is 0. The summed E-state index contributed by atoms with van der Waals surface area (Å²) in [6.07, 6.45) is 0.645. The van der Waals surface area contributed by atoms with Crippen molar-refractivity contribution >= 4 is 0 Å². The molecule has 0 aromatic carbocycles. The van der Waals surface area contributed by atoms with E-state index in [1.807, 2.05) is 0 Å². The molecule has 0 aromatic rings. The van der Waals surface area contributed by atoms with E-state index in [-0.39, 0.29) is 24.2 Å². The topological polar surface area (TPSA) is 62.5 Å². The number of methoxy groups -OCH3 is 1. The third-order valence-corrected chi connectivity index (χ3v) is 3.03. The second-order valence-corrected chi connectivity index (χ2v) is 3.70. The summed E-state index contributed by atoms with van der Waals surface area (Å²) in [6, 6.07) is 2.10. The lowest BCUT2D eigenvalue weighted by Gasteiger charge is -2.13. The van der Waals surface area contributed by atoms with Crippen LogP contribution >= 0.6 is 0 Å². The van der Waals surface area contributed by atoms with Crippen LogP contribution in [0, 0.1) is 23.2 Å². The van der Waals surface area contributed by atoms with Gasteiger partial charge in [0.1, 0.15) is 0 Å². The van der Waals surface area contributed by atoms with Gasteiger partial charge in [0.25, 0.3) is 0 Å². The monoisotopic (exact) mass is 183 g/mol. The zero-order chi connectivity index (χ0) is 9.42. The molecule has 5 atom stereocenters. The summed E-state index contributed by atoms with van der Waals surface area (Å²) in [5.74, 6) is -0.164. The van der Waals surface area contributed by atoms with Crippen molar-refractivity contribution in [1.29, 1.82) is 5.26 Å². The number of aliphatic hydroxyl groups is 1. The quantitative estimate of drug-likeness (QED) is 0.633. The van der Waals surface area contributed by atoms with Crippen molar-refractivity contribution in [2.45, 2.75) is 31.3 Å². The summed E-state index contributed by atoms with van der Waals surface area (Å²) in [6.45, 7) is 0. The van der Waals surface area contributed by atoms with E-state index in [1.54, 1.807) is 7.11 Å². The lowest BCUT2D eigenvalue weighted by molar-refractivity contribution is -0.115. The van der Waals surface area contributed by atoms with Crippen molar-refractivity contribution in [3.05, 3.63) is 0 Å². The minimum atomic E-state index is -0.532. The molecule has 1 aliphatic heterocycles. The molecule has 0 bridgehead atoms. The Hall–Kier alpha value is -0.630. The van der Waals surface area contributed by atoms with Crippen LogP contribution in [-0.2, 0) is 9.47 Å². The molecular formula is C9H13NO3. The highest BCUT2D eigenvalue weighted by Crippen LogP contribution is 2.42. The fourth-order valence-corrected chi connectivity index (χ4v) is 2.28. The minimum absolute atomic E-state index is 0.0181. The third-order valence-electron chi connectivity index (χ3n) is 3.03. The van der Waals surface area contributed by atoms with Crippen molar-refractivity contribution in [1.82, 2.24) is 0 Å². The zero-order valence-corrected chi connectivity index (χ0v) is 7.51. The maximum Gasteiger partial charge on any atom is 0.158 e. The van der Waals surface area contributed by atoms with E-state index in [2.05, 4.69) is 6.07 Å². The van der Waals surface area contributed by atoms with Gasteiger partial charge in [-0.1, -0.05) is 0 Å². The first-order valence-corrected chi connectivity index (χ1v) is 4.52. The Bertz CT molecular complexity index is 238. The number of fused-ring (bicyclic) bond motifs is 1. The molecule has 1 saturated heterocycles. The van der Waals surface area contributed by atoms with Gasteiger partial charge < -0.3 is 14.6 Å². The molecule has 4 nitrogen and oxygen atoms in total. The molecule has 2 rings (SSSR count). The predicted molar refractivity (Wildman–Crippen MR) is 43.5 cm³/mol. The molecule has 13 heavy (non-hydrogen) atoms. The number of hydrogen-bond acceptors (Lipinski definition) is 4. The molecule has 0 radical (unpaired) electrons. The lowest BCUT2D eigenvalue weighted by Crippen LogP contribution is -2.22. The predicted octanol–water partition coefficient (Wildman–Crippen LogP) is 0.268. The van der Waals surface area contributed by atoms with Gasteiger partial charge in [-0.15, -0.1) is 0 Å². The van der Waals surface area contributed by atoms with Crippen LogP contribution < -0.4 is 0 Å². The number of hydrogen-bond donors (Lipinski definition) is 1. The van der Waals surface area contributed by atoms with Gasteiger partial charge in [0.15, 0.2) is 6.29 Å². The summed E-state index contributed by atoms with van der Waals surface area (Å²) in [5.41, 5.74) is 0. The first-order valence-electron chi connectivity index (χ1n) is 4.52. The van der Waals surface area contributed by atoms with Crippen LogP contribution in [0.2, 0.25) is 0 Å². The first-order chi connectivity index (χ1) is 6.26. The van der Waals surface area contributed by atoms with Crippen molar-refractivity contribution in [3.63, 3.8) is 0 Å². The van der Waals surface area contributed by atoms with E-state index >= 15 is 0 Å². The Morgan fingerprint density at radius 1 is 1.54 bits per heavy atom. The summed E-state index contributed by atoms with van der Waals surface area (Å²) < 4.78 is 10.6. The van der Waals surface area contributed by atoms with Crippen molar-refractivity contribution in [3.8, 4) is 6.07 Å². The molecule has 0 spiro atoms. The molecule has 1 unspecified atom stereocenters. The maximum atomic E-state index is 9.71. The average Bonchev–Trinajstić information content (AvgIpc) is 2.65. The molecule has 2 fully saturated rings. The SMILES string of the molecule is CO[C@@H]1C[C@@H]2C(O)[C@H](C#N)C[C@@H]2O1. The van der Waals surface area contributed by atoms with Crippen molar-refractivity contribution < 1.29 is 14.6 Å². The van der Waals surface area contributed by atoms with Crippen LogP contribution in [0.15, 0.2) is 0 Å². The molecule has 1 saturated carbocycles. The molecule has 4 heteroatoms. The fourth-order valence-electron chi connectivity index (χ4n) is 2.28. The van der Waals surface area contributed by atoms with Gasteiger partial charge in [-0.05, 0) is 6.42 Å². The Morgan fingerprint density at radius 2 is 2.31 bits per heavy atom. The Morgan fingerprint density at radius 3 is 2.85 bits per heavy atom. The van der Waals surface area contributed by atoms with Crippen LogP contribution in [0.1, 0.15) is 12.8 Å². The van der Waals surface area contributed by atoms with E-state index in [9.17, 15) is 5.11 Å². The van der Waals surface area contributed by atoms with Gasteiger partial charge in [-0.2, -0.15) is 5.26 Å². The molecule has 0 amide bonds. The molecule has 1 heterocycles. The third kappa shape index (κ3) is 1.33. The van der Waals surface area contributed by atoms with Crippen molar-refractivity contribution in [2.24, 2.45) is 11.8 Å². The van der Waals surface area contributed by atoms with E-state index in [1.165, 1.54) is 0 Å². The highest BCUT2D eigenvalue weighted by molar-refractivity contribution is 5.03. The summed E-state index contributed by atoms with van der Waals surface area (Å²) in [7, 11) is 1.60. The fraction of sp³-hybridized carbons (Fsp3) is 0.889. The average molecular weight is 183 g/mol. The summed E-state index contributed by atoms with van der Waals surface area (Å²) in [4.78, 5) is 0. The van der Waals surface area contributed by atoms with E-state index < -0.39 is 6.10 Å². The van der Waals surface area contributed by atoms with E-state index in [0.717, 1.165) is 0 Å². The van der Waals surface area contributed by atoms with Crippen LogP contribution in [0.4, 0.5) is 0 Å². The van der Waals surface area contributed by atoms with Crippen molar-refractivity contribution in [2.75, 3.05) is 7.11 Å². The van der Waals surface area contributed by atoms with Gasteiger partial charge in [0.2, 0.25) is 0 Å². The largest absolute Gasteiger partial charge is 0.391 e. The second-order valence-electron chi connectivity index (χ2n) is 3.70.